The van der Waals surface area contributed by atoms with Crippen molar-refractivity contribution in [1.29, 1.82) is 0 Å². The Labute approximate surface area is 107 Å². The van der Waals surface area contributed by atoms with Gasteiger partial charge in [0.1, 0.15) is 0 Å². The normalized spacial score (nSPS) is 21.6. The lowest BCUT2D eigenvalue weighted by Crippen LogP contribution is -2.43. The highest BCUT2D eigenvalue weighted by Gasteiger charge is 2.22. The van der Waals surface area contributed by atoms with Crippen LogP contribution in [0.15, 0.2) is 0 Å². The van der Waals surface area contributed by atoms with Crippen LogP contribution < -0.4 is 4.72 Å². The van der Waals surface area contributed by atoms with Crippen LogP contribution in [-0.2, 0) is 10.2 Å². The second-order valence-electron chi connectivity index (χ2n) is 4.17. The molecule has 0 aromatic carbocycles. The second-order valence-corrected chi connectivity index (χ2v) is 7.22. The van der Waals surface area contributed by atoms with Crippen molar-refractivity contribution in [2.75, 3.05) is 19.6 Å². The molecule has 1 heterocycles. The maximum Gasteiger partial charge on any atom is 0.279 e. The molecule has 0 radical (unpaired) electrons. The van der Waals surface area contributed by atoms with Crippen LogP contribution in [0.4, 0.5) is 0 Å². The molecule has 4 nitrogen and oxygen atoms in total. The van der Waals surface area contributed by atoms with Crippen molar-refractivity contribution < 1.29 is 8.42 Å². The van der Waals surface area contributed by atoms with E-state index in [1.165, 1.54) is 0 Å². The van der Waals surface area contributed by atoms with Gasteiger partial charge in [-0.05, 0) is 19.3 Å². The first-order valence-electron chi connectivity index (χ1n) is 5.95. The Morgan fingerprint density at radius 3 is 2.31 bits per heavy atom. The van der Waals surface area contributed by atoms with Crippen molar-refractivity contribution in [2.24, 2.45) is 0 Å². The minimum Gasteiger partial charge on any atom is -0.201 e. The van der Waals surface area contributed by atoms with Crippen molar-refractivity contribution in [3.63, 3.8) is 0 Å². The molecule has 0 bridgehead atoms. The molecule has 1 rings (SSSR count). The number of halogens is 1. The average Bonchev–Trinajstić information content (AvgIpc) is 2.54. The Hall–Kier alpha value is 0.350. The van der Waals surface area contributed by atoms with Crippen molar-refractivity contribution >= 4 is 26.1 Å². The van der Waals surface area contributed by atoms with E-state index in [4.69, 9.17) is 0 Å². The molecule has 1 N–H and O–H groups in total. The molecule has 1 aliphatic rings. The first-order chi connectivity index (χ1) is 7.56. The Bertz CT molecular complexity index is 287. The summed E-state index contributed by atoms with van der Waals surface area (Å²) in [5.74, 6) is 0. The third-order valence-electron chi connectivity index (χ3n) is 2.84. The van der Waals surface area contributed by atoms with E-state index in [0.717, 1.165) is 32.1 Å². The summed E-state index contributed by atoms with van der Waals surface area (Å²) in [6.07, 6.45) is 5.16. The van der Waals surface area contributed by atoms with Crippen LogP contribution >= 0.6 is 15.9 Å². The summed E-state index contributed by atoms with van der Waals surface area (Å²) in [6.45, 7) is 3.82. The minimum absolute atomic E-state index is 0.217. The number of nitrogens with one attached hydrogen (secondary N) is 1. The number of alkyl halides is 1. The van der Waals surface area contributed by atoms with Crippen LogP contribution in [0, 0.1) is 0 Å². The molecule has 16 heavy (non-hydrogen) atoms. The maximum absolute atomic E-state index is 12.0. The highest BCUT2D eigenvalue weighted by Crippen LogP contribution is 2.12. The fourth-order valence-corrected chi connectivity index (χ4v) is 3.42. The predicted octanol–water partition coefficient (Wildman–Crippen LogP) is 1.87. The lowest BCUT2D eigenvalue weighted by Gasteiger charge is -2.21. The summed E-state index contributed by atoms with van der Waals surface area (Å²) >= 11 is 3.42. The van der Waals surface area contributed by atoms with Crippen molar-refractivity contribution in [3.05, 3.63) is 0 Å². The number of rotatable bonds is 5. The number of hydrogen-bond donors (Lipinski definition) is 1. The van der Waals surface area contributed by atoms with Gasteiger partial charge in [0.15, 0.2) is 0 Å². The van der Waals surface area contributed by atoms with Crippen LogP contribution in [-0.4, -0.2) is 37.2 Å². The van der Waals surface area contributed by atoms with E-state index >= 15 is 0 Å². The molecule has 0 spiro atoms. The zero-order valence-electron chi connectivity index (χ0n) is 9.78. The van der Waals surface area contributed by atoms with Gasteiger partial charge in [-0.2, -0.15) is 12.7 Å². The summed E-state index contributed by atoms with van der Waals surface area (Å²) in [7, 11) is -3.26. The van der Waals surface area contributed by atoms with Crippen molar-refractivity contribution in [1.82, 2.24) is 9.03 Å². The molecule has 1 saturated heterocycles. The Morgan fingerprint density at radius 2 is 1.81 bits per heavy atom. The molecule has 0 saturated carbocycles. The SMILES string of the molecule is CCC(Br)CNS(=O)(=O)N1CCCCCC1. The van der Waals surface area contributed by atoms with E-state index in [9.17, 15) is 8.42 Å². The fourth-order valence-electron chi connectivity index (χ4n) is 1.71. The second kappa shape index (κ2) is 6.93. The number of nitrogens with zero attached hydrogens (tertiary/aromatic N) is 1. The molecule has 1 atom stereocenters. The number of hydrogen-bond acceptors (Lipinski definition) is 2. The summed E-state index contributed by atoms with van der Waals surface area (Å²) in [5.41, 5.74) is 0. The van der Waals surface area contributed by atoms with E-state index in [1.54, 1.807) is 4.31 Å². The average molecular weight is 313 g/mol. The van der Waals surface area contributed by atoms with Crippen molar-refractivity contribution in [3.8, 4) is 0 Å². The highest BCUT2D eigenvalue weighted by atomic mass is 79.9. The standard InChI is InChI=1S/C10H21BrN2O2S/c1-2-10(11)9-12-16(14,15)13-7-5-3-4-6-8-13/h10,12H,2-9H2,1H3. The van der Waals surface area contributed by atoms with Crippen LogP contribution in [0.1, 0.15) is 39.0 Å². The van der Waals surface area contributed by atoms with Crippen molar-refractivity contribution in [2.45, 2.75) is 43.9 Å². The van der Waals surface area contributed by atoms with E-state index in [0.29, 0.717) is 19.6 Å². The molecule has 0 aromatic rings. The molecule has 0 aromatic heterocycles. The van der Waals surface area contributed by atoms with Gasteiger partial charge < -0.3 is 0 Å². The van der Waals surface area contributed by atoms with Crippen LogP contribution in [0.2, 0.25) is 0 Å². The molecule has 1 aliphatic heterocycles. The molecule has 0 aliphatic carbocycles. The molecule has 1 unspecified atom stereocenters. The molecule has 96 valence electrons. The van der Waals surface area contributed by atoms with E-state index in [1.807, 2.05) is 6.92 Å². The first-order valence-corrected chi connectivity index (χ1v) is 8.30. The van der Waals surface area contributed by atoms with Crippen LogP contribution in [0.3, 0.4) is 0 Å². The third kappa shape index (κ3) is 4.69. The highest BCUT2D eigenvalue weighted by molar-refractivity contribution is 9.09. The Morgan fingerprint density at radius 1 is 1.25 bits per heavy atom. The molecule has 6 heteroatoms. The third-order valence-corrected chi connectivity index (χ3v) is 5.38. The Kier molecular flexibility index (Phi) is 6.25. The smallest absolute Gasteiger partial charge is 0.201 e. The summed E-state index contributed by atoms with van der Waals surface area (Å²) in [4.78, 5) is 0.217. The Balaban J connectivity index is 2.48. The summed E-state index contributed by atoms with van der Waals surface area (Å²) in [5, 5.41) is 0. The summed E-state index contributed by atoms with van der Waals surface area (Å²) in [6, 6.07) is 0. The van der Waals surface area contributed by atoms with Gasteiger partial charge in [-0.1, -0.05) is 35.7 Å². The lowest BCUT2D eigenvalue weighted by atomic mass is 10.2. The van der Waals surface area contributed by atoms with Gasteiger partial charge >= 0.3 is 0 Å². The quantitative estimate of drug-likeness (QED) is 0.788. The van der Waals surface area contributed by atoms with E-state index in [-0.39, 0.29) is 4.83 Å². The van der Waals surface area contributed by atoms with Gasteiger partial charge in [-0.25, -0.2) is 4.72 Å². The summed E-state index contributed by atoms with van der Waals surface area (Å²) < 4.78 is 28.1. The van der Waals surface area contributed by atoms with Gasteiger partial charge in [0, 0.05) is 24.5 Å². The molecule has 0 amide bonds. The van der Waals surface area contributed by atoms with E-state index < -0.39 is 10.2 Å². The van der Waals surface area contributed by atoms with E-state index in [2.05, 4.69) is 20.7 Å². The molecule has 1 fully saturated rings. The zero-order valence-corrected chi connectivity index (χ0v) is 12.2. The molecular formula is C10H21BrN2O2S. The van der Waals surface area contributed by atoms with Crippen LogP contribution in [0.5, 0.6) is 0 Å². The first kappa shape index (κ1) is 14.4. The lowest BCUT2D eigenvalue weighted by molar-refractivity contribution is 0.415. The predicted molar refractivity (Wildman–Crippen MR) is 70.0 cm³/mol. The fraction of sp³-hybridized carbons (Fsp3) is 1.00. The van der Waals surface area contributed by atoms with Gasteiger partial charge in [0.2, 0.25) is 0 Å². The topological polar surface area (TPSA) is 49.4 Å². The van der Waals surface area contributed by atoms with Gasteiger partial charge in [0.05, 0.1) is 0 Å². The minimum atomic E-state index is -3.26. The van der Waals surface area contributed by atoms with Gasteiger partial charge in [-0.15, -0.1) is 0 Å². The maximum atomic E-state index is 12.0. The zero-order chi connectivity index (χ0) is 12.0. The largest absolute Gasteiger partial charge is 0.279 e. The van der Waals surface area contributed by atoms with Gasteiger partial charge in [-0.3, -0.25) is 0 Å². The van der Waals surface area contributed by atoms with Gasteiger partial charge in [0.25, 0.3) is 10.2 Å². The molecular weight excluding hydrogens is 292 g/mol. The van der Waals surface area contributed by atoms with Crippen LogP contribution in [0.25, 0.3) is 0 Å². The monoisotopic (exact) mass is 312 g/mol.